The topological polar surface area (TPSA) is 34.1 Å². The fraction of sp³-hybridized carbons (Fsp3) is 0.118. The van der Waals surface area contributed by atoms with Crippen molar-refractivity contribution in [1.29, 1.82) is 0 Å². The molecule has 4 heteroatoms. The summed E-state index contributed by atoms with van der Waals surface area (Å²) in [7, 11) is 1.90. The maximum atomic E-state index is 5.94. The van der Waals surface area contributed by atoms with Gasteiger partial charge in [-0.1, -0.05) is 29.8 Å². The van der Waals surface area contributed by atoms with E-state index in [9.17, 15) is 0 Å². The molecule has 0 saturated carbocycles. The summed E-state index contributed by atoms with van der Waals surface area (Å²) in [5.41, 5.74) is 0.945. The minimum atomic E-state index is 0.612. The van der Waals surface area contributed by atoms with Crippen molar-refractivity contribution in [3.8, 4) is 11.6 Å². The van der Waals surface area contributed by atoms with Gasteiger partial charge in [0.05, 0.1) is 5.69 Å². The first-order chi connectivity index (χ1) is 10.3. The highest BCUT2D eigenvalue weighted by atomic mass is 35.5. The van der Waals surface area contributed by atoms with Crippen molar-refractivity contribution in [2.24, 2.45) is 0 Å². The van der Waals surface area contributed by atoms with Gasteiger partial charge in [-0.05, 0) is 48.8 Å². The smallest absolute Gasteiger partial charge is 0.227 e. The number of rotatable bonds is 4. The van der Waals surface area contributed by atoms with Gasteiger partial charge in [0.15, 0.2) is 0 Å². The lowest BCUT2D eigenvalue weighted by Crippen LogP contribution is -2.07. The van der Waals surface area contributed by atoms with Gasteiger partial charge in [-0.2, -0.15) is 0 Å². The summed E-state index contributed by atoms with van der Waals surface area (Å²) in [5, 5.41) is 5.90. The quantitative estimate of drug-likeness (QED) is 0.775. The zero-order chi connectivity index (χ0) is 14.7. The molecule has 0 unspecified atom stereocenters. The van der Waals surface area contributed by atoms with Gasteiger partial charge in [-0.15, -0.1) is 0 Å². The van der Waals surface area contributed by atoms with Gasteiger partial charge in [0.1, 0.15) is 5.75 Å². The molecular formula is C17H15ClN2O. The first-order valence-electron chi connectivity index (χ1n) is 6.73. The molecule has 3 nitrogen and oxygen atoms in total. The van der Waals surface area contributed by atoms with Crippen LogP contribution in [0.5, 0.6) is 11.6 Å². The van der Waals surface area contributed by atoms with Gasteiger partial charge >= 0.3 is 0 Å². The molecule has 0 aliphatic rings. The van der Waals surface area contributed by atoms with Crippen molar-refractivity contribution in [2.45, 2.75) is 6.54 Å². The first kappa shape index (κ1) is 13.9. The van der Waals surface area contributed by atoms with Crippen molar-refractivity contribution < 1.29 is 4.74 Å². The third-order valence-electron chi connectivity index (χ3n) is 3.14. The third-order valence-corrected chi connectivity index (χ3v) is 3.40. The Balaban J connectivity index is 2.04. The van der Waals surface area contributed by atoms with E-state index in [0.717, 1.165) is 22.2 Å². The standard InChI is InChI=1S/C17H15ClN2O/c1-19-11-14-10-12-4-2-3-5-16(12)17(20-14)21-15-8-6-13(18)7-9-15/h2-10,19H,11H2,1H3. The fourth-order valence-corrected chi connectivity index (χ4v) is 2.31. The van der Waals surface area contributed by atoms with Crippen molar-refractivity contribution in [2.75, 3.05) is 7.05 Å². The average Bonchev–Trinajstić information content (AvgIpc) is 2.50. The van der Waals surface area contributed by atoms with Crippen LogP contribution in [0.3, 0.4) is 0 Å². The van der Waals surface area contributed by atoms with Crippen LogP contribution in [0.15, 0.2) is 54.6 Å². The fourth-order valence-electron chi connectivity index (χ4n) is 2.18. The number of hydrogen-bond donors (Lipinski definition) is 1. The second kappa shape index (κ2) is 6.12. The van der Waals surface area contributed by atoms with Crippen LogP contribution < -0.4 is 10.1 Å². The average molecular weight is 299 g/mol. The SMILES string of the molecule is CNCc1cc2ccccc2c(Oc2ccc(Cl)cc2)n1. The Hall–Kier alpha value is -2.10. The molecule has 0 spiro atoms. The summed E-state index contributed by atoms with van der Waals surface area (Å²) in [6.45, 7) is 0.696. The van der Waals surface area contributed by atoms with Crippen LogP contribution in [0.1, 0.15) is 5.69 Å². The third kappa shape index (κ3) is 3.15. The minimum absolute atomic E-state index is 0.612. The molecule has 1 aromatic heterocycles. The van der Waals surface area contributed by atoms with Gasteiger partial charge in [0, 0.05) is 17.0 Å². The van der Waals surface area contributed by atoms with Crippen molar-refractivity contribution >= 4 is 22.4 Å². The van der Waals surface area contributed by atoms with E-state index in [1.165, 1.54) is 0 Å². The van der Waals surface area contributed by atoms with E-state index in [4.69, 9.17) is 16.3 Å². The molecule has 1 N–H and O–H groups in total. The summed E-state index contributed by atoms with van der Waals surface area (Å²) in [4.78, 5) is 4.59. The number of pyridine rings is 1. The van der Waals surface area contributed by atoms with Gasteiger partial charge in [0.25, 0.3) is 0 Å². The predicted molar refractivity (Wildman–Crippen MR) is 86.0 cm³/mol. The molecule has 3 aromatic rings. The molecule has 2 aromatic carbocycles. The highest BCUT2D eigenvalue weighted by Gasteiger charge is 2.08. The van der Waals surface area contributed by atoms with E-state index in [1.54, 1.807) is 12.1 Å². The molecule has 0 aliphatic carbocycles. The van der Waals surface area contributed by atoms with E-state index in [0.29, 0.717) is 17.4 Å². The molecule has 0 atom stereocenters. The van der Waals surface area contributed by atoms with Gasteiger partial charge in [-0.25, -0.2) is 4.98 Å². The summed E-state index contributed by atoms with van der Waals surface area (Å²) < 4.78 is 5.94. The lowest BCUT2D eigenvalue weighted by Gasteiger charge is -2.10. The number of hydrogen-bond acceptors (Lipinski definition) is 3. The molecule has 3 rings (SSSR count). The highest BCUT2D eigenvalue weighted by molar-refractivity contribution is 6.30. The molecule has 0 aliphatic heterocycles. The summed E-state index contributed by atoms with van der Waals surface area (Å²) in [5.74, 6) is 1.33. The Labute approximate surface area is 128 Å². The molecule has 0 bridgehead atoms. The minimum Gasteiger partial charge on any atom is -0.438 e. The van der Waals surface area contributed by atoms with E-state index in [2.05, 4.69) is 22.4 Å². The molecule has 0 amide bonds. The predicted octanol–water partition coefficient (Wildman–Crippen LogP) is 4.40. The molecule has 0 saturated heterocycles. The Morgan fingerprint density at radius 1 is 1.10 bits per heavy atom. The van der Waals surface area contributed by atoms with Crippen molar-refractivity contribution in [3.05, 3.63) is 65.3 Å². The second-order valence-electron chi connectivity index (χ2n) is 4.73. The first-order valence-corrected chi connectivity index (χ1v) is 7.11. The van der Waals surface area contributed by atoms with Gasteiger partial charge in [0.2, 0.25) is 5.88 Å². The normalized spacial score (nSPS) is 10.8. The van der Waals surface area contributed by atoms with Crippen LogP contribution in [0, 0.1) is 0 Å². The second-order valence-corrected chi connectivity index (χ2v) is 5.16. The maximum absolute atomic E-state index is 5.94. The number of fused-ring (bicyclic) bond motifs is 1. The van der Waals surface area contributed by atoms with Crippen molar-refractivity contribution in [1.82, 2.24) is 10.3 Å². The van der Waals surface area contributed by atoms with Gasteiger partial charge < -0.3 is 10.1 Å². The number of ether oxygens (including phenoxy) is 1. The van der Waals surface area contributed by atoms with Gasteiger partial charge in [-0.3, -0.25) is 0 Å². The van der Waals surface area contributed by atoms with Crippen LogP contribution in [0.25, 0.3) is 10.8 Å². The van der Waals surface area contributed by atoms with Crippen LogP contribution in [-0.4, -0.2) is 12.0 Å². The zero-order valence-electron chi connectivity index (χ0n) is 11.6. The summed E-state index contributed by atoms with van der Waals surface area (Å²) >= 11 is 5.90. The van der Waals surface area contributed by atoms with Crippen molar-refractivity contribution in [3.63, 3.8) is 0 Å². The van der Waals surface area contributed by atoms with Crippen LogP contribution in [-0.2, 0) is 6.54 Å². The van der Waals surface area contributed by atoms with E-state index in [1.807, 2.05) is 37.4 Å². The molecule has 1 heterocycles. The van der Waals surface area contributed by atoms with E-state index >= 15 is 0 Å². The highest BCUT2D eigenvalue weighted by Crippen LogP contribution is 2.29. The Morgan fingerprint density at radius 3 is 2.62 bits per heavy atom. The number of nitrogens with zero attached hydrogens (tertiary/aromatic N) is 1. The number of benzene rings is 2. The van der Waals surface area contributed by atoms with Crippen LogP contribution in [0.2, 0.25) is 5.02 Å². The van der Waals surface area contributed by atoms with E-state index in [-0.39, 0.29) is 0 Å². The van der Waals surface area contributed by atoms with Crippen LogP contribution >= 0.6 is 11.6 Å². The Bertz CT molecular complexity index is 756. The molecule has 0 fully saturated rings. The zero-order valence-corrected chi connectivity index (χ0v) is 12.4. The Kier molecular flexibility index (Phi) is 4.04. The number of aromatic nitrogens is 1. The number of nitrogens with one attached hydrogen (secondary N) is 1. The van der Waals surface area contributed by atoms with Crippen LogP contribution in [0.4, 0.5) is 0 Å². The lowest BCUT2D eigenvalue weighted by molar-refractivity contribution is 0.466. The largest absolute Gasteiger partial charge is 0.438 e. The maximum Gasteiger partial charge on any atom is 0.227 e. The molecule has 106 valence electrons. The summed E-state index contributed by atoms with van der Waals surface area (Å²) in [6.07, 6.45) is 0. The molecule has 0 radical (unpaired) electrons. The lowest BCUT2D eigenvalue weighted by atomic mass is 10.1. The molecule has 21 heavy (non-hydrogen) atoms. The monoisotopic (exact) mass is 298 g/mol. The molecular weight excluding hydrogens is 284 g/mol. The number of halogens is 1. The van der Waals surface area contributed by atoms with E-state index < -0.39 is 0 Å². The summed E-state index contributed by atoms with van der Waals surface area (Å²) in [6, 6.07) is 17.4. The Morgan fingerprint density at radius 2 is 1.86 bits per heavy atom.